The number of aromatic nitrogens is 2. The Morgan fingerprint density at radius 2 is 2.28 bits per heavy atom. The lowest BCUT2D eigenvalue weighted by Crippen LogP contribution is -2.43. The van der Waals surface area contributed by atoms with Crippen LogP contribution in [0, 0.1) is 12.8 Å². The first-order chi connectivity index (χ1) is 12.1. The van der Waals surface area contributed by atoms with Crippen LogP contribution in [0.1, 0.15) is 29.8 Å². The van der Waals surface area contributed by atoms with Crippen LogP contribution in [-0.2, 0) is 24.8 Å². The predicted octanol–water partition coefficient (Wildman–Crippen LogP) is 2.30. The fourth-order valence-electron chi connectivity index (χ4n) is 3.59. The molecule has 0 spiro atoms. The van der Waals surface area contributed by atoms with Crippen molar-refractivity contribution < 1.29 is 4.79 Å². The molecule has 5 nitrogen and oxygen atoms in total. The summed E-state index contributed by atoms with van der Waals surface area (Å²) in [5, 5.41) is 3.05. The summed E-state index contributed by atoms with van der Waals surface area (Å²) in [6.45, 7) is 5.15. The van der Waals surface area contributed by atoms with Crippen LogP contribution in [0.2, 0.25) is 0 Å². The number of rotatable bonds is 6. The van der Waals surface area contributed by atoms with Crippen molar-refractivity contribution in [2.24, 2.45) is 13.0 Å². The summed E-state index contributed by atoms with van der Waals surface area (Å²) < 4.78 is 2.09. The minimum Gasteiger partial charge on any atom is -0.351 e. The van der Waals surface area contributed by atoms with E-state index in [1.54, 1.807) is 0 Å². The highest BCUT2D eigenvalue weighted by molar-refractivity contribution is 5.78. The standard InChI is InChI=1S/C20H28N4O/c1-16-5-3-6-17(11-16)13-22-20(25)15-24-9-4-7-18(14-24)12-19-21-8-10-23(19)2/h3,5-6,8,10-11,18H,4,7,9,12-15H2,1-2H3,(H,22,25)/t18-/m0/s1. The molecule has 1 aromatic heterocycles. The smallest absolute Gasteiger partial charge is 0.234 e. The van der Waals surface area contributed by atoms with Gasteiger partial charge in [0.2, 0.25) is 5.91 Å². The van der Waals surface area contributed by atoms with E-state index in [1.165, 1.54) is 12.0 Å². The summed E-state index contributed by atoms with van der Waals surface area (Å²) in [5.74, 6) is 1.83. The lowest BCUT2D eigenvalue weighted by atomic mass is 9.94. The number of likely N-dealkylation sites (tertiary alicyclic amines) is 1. The highest BCUT2D eigenvalue weighted by Gasteiger charge is 2.22. The molecule has 5 heteroatoms. The molecule has 0 aliphatic carbocycles. The number of nitrogens with one attached hydrogen (secondary N) is 1. The maximum atomic E-state index is 12.3. The van der Waals surface area contributed by atoms with Crippen molar-refractivity contribution in [3.05, 3.63) is 53.6 Å². The van der Waals surface area contributed by atoms with Gasteiger partial charge in [0.25, 0.3) is 0 Å². The molecule has 1 aliphatic heterocycles. The molecule has 1 aromatic carbocycles. The molecule has 0 radical (unpaired) electrons. The number of hydrogen-bond donors (Lipinski definition) is 1. The first-order valence-corrected chi connectivity index (χ1v) is 9.11. The Kier molecular flexibility index (Phi) is 5.87. The van der Waals surface area contributed by atoms with Crippen molar-refractivity contribution in [2.45, 2.75) is 32.7 Å². The number of amides is 1. The van der Waals surface area contributed by atoms with Gasteiger partial charge in [0.05, 0.1) is 6.54 Å². The molecule has 2 aromatic rings. The summed E-state index contributed by atoms with van der Waals surface area (Å²) in [7, 11) is 2.04. The van der Waals surface area contributed by atoms with Crippen LogP contribution in [0.5, 0.6) is 0 Å². The van der Waals surface area contributed by atoms with Gasteiger partial charge in [0.1, 0.15) is 5.82 Å². The van der Waals surface area contributed by atoms with E-state index in [2.05, 4.69) is 44.9 Å². The summed E-state index contributed by atoms with van der Waals surface area (Å²) >= 11 is 0. The van der Waals surface area contributed by atoms with E-state index >= 15 is 0 Å². The van der Waals surface area contributed by atoms with Gasteiger partial charge >= 0.3 is 0 Å². The van der Waals surface area contributed by atoms with Crippen LogP contribution in [0.15, 0.2) is 36.7 Å². The molecule has 1 saturated heterocycles. The lowest BCUT2D eigenvalue weighted by Gasteiger charge is -2.32. The number of carbonyl (C=O) groups excluding carboxylic acids is 1. The molecule has 1 atom stereocenters. The van der Waals surface area contributed by atoms with Gasteiger partial charge in [-0.25, -0.2) is 4.98 Å². The summed E-state index contributed by atoms with van der Waals surface area (Å²) in [6, 6.07) is 8.27. The fourth-order valence-corrected chi connectivity index (χ4v) is 3.59. The molecular weight excluding hydrogens is 312 g/mol. The van der Waals surface area contributed by atoms with Crippen LogP contribution in [0.3, 0.4) is 0 Å². The second-order valence-corrected chi connectivity index (χ2v) is 7.17. The zero-order chi connectivity index (χ0) is 17.6. The third-order valence-electron chi connectivity index (χ3n) is 4.93. The number of carbonyl (C=O) groups is 1. The Balaban J connectivity index is 1.45. The van der Waals surface area contributed by atoms with E-state index in [0.717, 1.165) is 37.3 Å². The van der Waals surface area contributed by atoms with E-state index in [-0.39, 0.29) is 5.91 Å². The second kappa shape index (κ2) is 8.30. The van der Waals surface area contributed by atoms with E-state index in [0.29, 0.717) is 19.0 Å². The number of piperidine rings is 1. The Bertz CT molecular complexity index is 709. The Morgan fingerprint density at radius 1 is 1.40 bits per heavy atom. The highest BCUT2D eigenvalue weighted by atomic mass is 16.2. The van der Waals surface area contributed by atoms with Gasteiger partial charge in [-0.2, -0.15) is 0 Å². The number of nitrogens with zero attached hydrogens (tertiary/aromatic N) is 3. The maximum Gasteiger partial charge on any atom is 0.234 e. The lowest BCUT2D eigenvalue weighted by molar-refractivity contribution is -0.122. The van der Waals surface area contributed by atoms with Gasteiger partial charge in [0.15, 0.2) is 0 Å². The van der Waals surface area contributed by atoms with Crippen molar-refractivity contribution in [2.75, 3.05) is 19.6 Å². The van der Waals surface area contributed by atoms with Crippen molar-refractivity contribution in [3.8, 4) is 0 Å². The van der Waals surface area contributed by atoms with Crippen molar-refractivity contribution in [1.82, 2.24) is 19.8 Å². The average molecular weight is 340 g/mol. The summed E-state index contributed by atoms with van der Waals surface area (Å²) in [6.07, 6.45) is 7.21. The molecule has 1 amide bonds. The second-order valence-electron chi connectivity index (χ2n) is 7.17. The predicted molar refractivity (Wildman–Crippen MR) is 99.1 cm³/mol. The number of imidazole rings is 1. The minimum absolute atomic E-state index is 0.110. The van der Waals surface area contributed by atoms with Crippen LogP contribution in [0.4, 0.5) is 0 Å². The third-order valence-corrected chi connectivity index (χ3v) is 4.93. The molecule has 3 rings (SSSR count). The van der Waals surface area contributed by atoms with Crippen LogP contribution >= 0.6 is 0 Å². The van der Waals surface area contributed by atoms with E-state index in [1.807, 2.05) is 25.5 Å². The monoisotopic (exact) mass is 340 g/mol. The third kappa shape index (κ3) is 5.16. The molecule has 134 valence electrons. The molecule has 1 fully saturated rings. The number of benzene rings is 1. The van der Waals surface area contributed by atoms with Crippen LogP contribution in [-0.4, -0.2) is 40.0 Å². The zero-order valence-electron chi connectivity index (χ0n) is 15.2. The minimum atomic E-state index is 0.110. The topological polar surface area (TPSA) is 50.2 Å². The quantitative estimate of drug-likeness (QED) is 0.878. The first kappa shape index (κ1) is 17.7. The number of aryl methyl sites for hydroxylation is 2. The van der Waals surface area contributed by atoms with Gasteiger partial charge in [-0.3, -0.25) is 9.69 Å². The van der Waals surface area contributed by atoms with Gasteiger partial charge < -0.3 is 9.88 Å². The SMILES string of the molecule is Cc1cccc(CNC(=O)CN2CCC[C@@H](Cc3nccn3C)C2)c1. The normalized spacial score (nSPS) is 18.2. The maximum absolute atomic E-state index is 12.3. The molecule has 1 N–H and O–H groups in total. The van der Waals surface area contributed by atoms with Crippen molar-refractivity contribution in [1.29, 1.82) is 0 Å². The zero-order valence-corrected chi connectivity index (χ0v) is 15.2. The van der Waals surface area contributed by atoms with Gasteiger partial charge in [0, 0.05) is 39.0 Å². The van der Waals surface area contributed by atoms with Crippen LogP contribution < -0.4 is 5.32 Å². The van der Waals surface area contributed by atoms with E-state index in [4.69, 9.17) is 0 Å². The first-order valence-electron chi connectivity index (χ1n) is 9.11. The average Bonchev–Trinajstić information content (AvgIpc) is 2.98. The fraction of sp³-hybridized carbons (Fsp3) is 0.500. The molecular formula is C20H28N4O. The van der Waals surface area contributed by atoms with Gasteiger partial charge in [-0.1, -0.05) is 29.8 Å². The Labute approximate surface area is 150 Å². The molecule has 25 heavy (non-hydrogen) atoms. The molecule has 0 bridgehead atoms. The Hall–Kier alpha value is -2.14. The van der Waals surface area contributed by atoms with Crippen molar-refractivity contribution >= 4 is 5.91 Å². The summed E-state index contributed by atoms with van der Waals surface area (Å²) in [4.78, 5) is 19.0. The van der Waals surface area contributed by atoms with Crippen LogP contribution in [0.25, 0.3) is 0 Å². The highest BCUT2D eigenvalue weighted by Crippen LogP contribution is 2.19. The van der Waals surface area contributed by atoms with E-state index < -0.39 is 0 Å². The molecule has 0 unspecified atom stereocenters. The van der Waals surface area contributed by atoms with Gasteiger partial charge in [-0.15, -0.1) is 0 Å². The molecule has 0 saturated carbocycles. The number of hydrogen-bond acceptors (Lipinski definition) is 3. The van der Waals surface area contributed by atoms with E-state index in [9.17, 15) is 4.79 Å². The molecule has 1 aliphatic rings. The summed E-state index contributed by atoms with van der Waals surface area (Å²) in [5.41, 5.74) is 2.37. The Morgan fingerprint density at radius 3 is 3.04 bits per heavy atom. The van der Waals surface area contributed by atoms with Crippen molar-refractivity contribution in [3.63, 3.8) is 0 Å². The van der Waals surface area contributed by atoms with Gasteiger partial charge in [-0.05, 0) is 37.8 Å². The molecule has 2 heterocycles. The largest absolute Gasteiger partial charge is 0.351 e.